The lowest BCUT2D eigenvalue weighted by atomic mass is 10.0. The third-order valence-electron chi connectivity index (χ3n) is 12.2. The minimum Gasteiger partial charge on any atom is -0.508 e. The Hall–Kier alpha value is -6.84. The van der Waals surface area contributed by atoms with Crippen LogP contribution in [0, 0.1) is 0 Å². The summed E-state index contributed by atoms with van der Waals surface area (Å²) in [4.78, 5) is 125. The summed E-state index contributed by atoms with van der Waals surface area (Å²) in [5.74, 6) is -7.82. The molecule has 0 aromatic heterocycles. The number of phenols is 2. The van der Waals surface area contributed by atoms with Gasteiger partial charge in [0.2, 0.25) is 47.3 Å². The Kier molecular flexibility index (Phi) is 26.8. The highest BCUT2D eigenvalue weighted by Gasteiger charge is 2.36. The monoisotopic (exact) mass is 1140 g/mol. The van der Waals surface area contributed by atoms with Crippen molar-refractivity contribution in [2.75, 3.05) is 38.7 Å². The van der Waals surface area contributed by atoms with Crippen molar-refractivity contribution in [2.45, 2.75) is 113 Å². The van der Waals surface area contributed by atoms with Gasteiger partial charge in [0.1, 0.15) is 53.8 Å². The smallest absolute Gasteiger partial charge is 0.314 e. The number of halogens is 1. The first kappa shape index (κ1) is 63.7. The Morgan fingerprint density at radius 3 is 1.81 bits per heavy atom. The molecule has 9 atom stereocenters. The van der Waals surface area contributed by atoms with E-state index in [1.807, 2.05) is 0 Å². The van der Waals surface area contributed by atoms with Crippen molar-refractivity contribution in [3.8, 4) is 11.5 Å². The summed E-state index contributed by atoms with van der Waals surface area (Å²) in [7, 11) is 5.07. The number of aromatic hydroxyl groups is 2. The third-order valence-corrected chi connectivity index (χ3v) is 14.9. The summed E-state index contributed by atoms with van der Waals surface area (Å²) in [5.41, 5.74) is 13.7. The van der Waals surface area contributed by atoms with Crippen LogP contribution >= 0.6 is 33.2 Å². The molecule has 17 N–H and O–H groups in total. The SMILES string of the molecule is CNCCCC[C@@H]1NC(=O)[C@@H](CCCNC(=O)NC)NC(=O)[C@H](Cc2ccc(O)cc2)NC(=O)[C@H](NC(=O)[C@@H](N)Cc2ccc(Cl)cc2)CSSC[C@@H](C(=O)NC(Cc2ccc(O)cc2)C(N)=O)NC(=O)[C@H]([C@@H](C)O)NC1=O. The first-order chi connectivity index (χ1) is 37.2. The van der Waals surface area contributed by atoms with Gasteiger partial charge in [0.15, 0.2) is 0 Å². The van der Waals surface area contributed by atoms with Crippen LogP contribution < -0.4 is 64.6 Å². The molecule has 1 aliphatic heterocycles. The second kappa shape index (κ2) is 32.8. The lowest BCUT2D eigenvalue weighted by Crippen LogP contribution is -2.62. The standard InChI is InChI=1S/C51H71ClN12O12S2/c1-28(65)42-50(75)63-41(48(73)60-38(43(54)68)24-30-11-17-33(66)18-12-30)27-78-77-26-40(62-44(69)35(53)23-29-9-15-32(52)16-10-29)49(74)61-39(25-31-13-19-34(67)20-14-31)47(72)59-37(8-6-22-57-51(76)56-3)45(70)58-36(46(71)64-42)7-4-5-21-55-2/h9-20,28,35-42,55,65-67H,4-8,21-27,53H2,1-3H3,(H2,54,68)(H,58,70)(H,59,72)(H,60,73)(H,61,74)(H,62,69)(H,63,75)(H,64,71)(H2,56,57,76)/t28-,35+,36+,37-,38?,39+,40-,41+,42+/m1/s1. The molecule has 3 aromatic carbocycles. The number of carbonyl (C=O) groups is 9. The van der Waals surface area contributed by atoms with Crippen LogP contribution in [0.25, 0.3) is 0 Å². The van der Waals surface area contributed by atoms with Crippen LogP contribution in [-0.4, -0.2) is 162 Å². The van der Waals surface area contributed by atoms with E-state index in [-0.39, 0.29) is 68.1 Å². The molecule has 27 heteroatoms. The van der Waals surface area contributed by atoms with Crippen molar-refractivity contribution in [3.63, 3.8) is 0 Å². The Bertz CT molecular complexity index is 2500. The van der Waals surface area contributed by atoms with Gasteiger partial charge < -0.3 is 80.0 Å². The van der Waals surface area contributed by atoms with Crippen molar-refractivity contribution in [1.29, 1.82) is 0 Å². The van der Waals surface area contributed by atoms with Crippen molar-refractivity contribution < 1.29 is 58.5 Å². The predicted octanol–water partition coefficient (Wildman–Crippen LogP) is -1.14. The molecule has 1 heterocycles. The second-order valence-corrected chi connectivity index (χ2v) is 21.5. The first-order valence-electron chi connectivity index (χ1n) is 25.2. The molecule has 1 saturated heterocycles. The largest absolute Gasteiger partial charge is 0.508 e. The topological polar surface area (TPSA) is 387 Å². The summed E-state index contributed by atoms with van der Waals surface area (Å²) in [5, 5.41) is 57.8. The van der Waals surface area contributed by atoms with Crippen molar-refractivity contribution in [3.05, 3.63) is 94.5 Å². The van der Waals surface area contributed by atoms with E-state index in [1.165, 1.54) is 62.5 Å². The molecule has 1 aliphatic rings. The molecule has 10 amide bonds. The van der Waals surface area contributed by atoms with Gasteiger partial charge in [0.25, 0.3) is 0 Å². The second-order valence-electron chi connectivity index (χ2n) is 18.5. The molecular weight excluding hydrogens is 1070 g/mol. The van der Waals surface area contributed by atoms with Gasteiger partial charge in [0, 0.05) is 43.0 Å². The zero-order valence-electron chi connectivity index (χ0n) is 43.5. The number of aliphatic hydroxyl groups is 1. The van der Waals surface area contributed by atoms with Gasteiger partial charge in [-0.05, 0) is 112 Å². The Morgan fingerprint density at radius 2 is 1.22 bits per heavy atom. The van der Waals surface area contributed by atoms with Crippen molar-refractivity contribution >= 4 is 86.5 Å². The summed E-state index contributed by atoms with van der Waals surface area (Å²) in [6.07, 6.45) is -0.943. The number of hydrogen-bond acceptors (Lipinski definition) is 16. The number of urea groups is 1. The Balaban J connectivity index is 1.80. The number of nitrogens with one attached hydrogen (secondary N) is 10. The van der Waals surface area contributed by atoms with E-state index in [4.69, 9.17) is 23.1 Å². The van der Waals surface area contributed by atoms with Gasteiger partial charge in [-0.15, -0.1) is 0 Å². The molecule has 1 fully saturated rings. The number of hydrogen-bond donors (Lipinski definition) is 15. The Morgan fingerprint density at radius 1 is 0.679 bits per heavy atom. The third kappa shape index (κ3) is 21.9. The molecule has 24 nitrogen and oxygen atoms in total. The fourth-order valence-corrected chi connectivity index (χ4v) is 10.3. The zero-order valence-corrected chi connectivity index (χ0v) is 45.9. The minimum atomic E-state index is -1.73. The van der Waals surface area contributed by atoms with Crippen LogP contribution in [-0.2, 0) is 57.6 Å². The molecule has 0 spiro atoms. The van der Waals surface area contributed by atoms with Gasteiger partial charge in [-0.2, -0.15) is 0 Å². The van der Waals surface area contributed by atoms with Crippen LogP contribution in [0.2, 0.25) is 5.02 Å². The van der Waals surface area contributed by atoms with Crippen LogP contribution in [0.1, 0.15) is 55.7 Å². The number of amides is 10. The van der Waals surface area contributed by atoms with Gasteiger partial charge in [0.05, 0.1) is 12.1 Å². The molecule has 0 bridgehead atoms. The molecule has 0 saturated carbocycles. The van der Waals surface area contributed by atoms with Crippen LogP contribution in [0.4, 0.5) is 4.79 Å². The number of phenolic OH excluding ortho intramolecular Hbond substituents is 2. The van der Waals surface area contributed by atoms with Crippen molar-refractivity contribution in [2.24, 2.45) is 11.5 Å². The normalized spacial score (nSPS) is 21.1. The van der Waals surface area contributed by atoms with E-state index in [2.05, 4.69) is 53.2 Å². The van der Waals surface area contributed by atoms with E-state index >= 15 is 0 Å². The first-order valence-corrected chi connectivity index (χ1v) is 28.0. The maximum atomic E-state index is 14.6. The molecular formula is C51H71ClN12O12S2. The zero-order chi connectivity index (χ0) is 57.3. The predicted molar refractivity (Wildman–Crippen MR) is 296 cm³/mol. The molecule has 0 radical (unpaired) electrons. The van der Waals surface area contributed by atoms with Gasteiger partial charge >= 0.3 is 6.03 Å². The number of carbonyl (C=O) groups excluding carboxylic acids is 9. The number of benzene rings is 3. The van der Waals surface area contributed by atoms with E-state index < -0.39 is 108 Å². The number of unbranched alkanes of at least 4 members (excludes halogenated alkanes) is 1. The van der Waals surface area contributed by atoms with E-state index in [0.717, 1.165) is 21.6 Å². The Labute approximate surface area is 465 Å². The lowest BCUT2D eigenvalue weighted by molar-refractivity contribution is -0.136. The minimum absolute atomic E-state index is 0.0106. The van der Waals surface area contributed by atoms with Crippen LogP contribution in [0.5, 0.6) is 11.5 Å². The number of rotatable bonds is 21. The van der Waals surface area contributed by atoms with Crippen LogP contribution in [0.15, 0.2) is 72.8 Å². The molecule has 3 aromatic rings. The molecule has 0 aliphatic carbocycles. The maximum Gasteiger partial charge on any atom is 0.314 e. The van der Waals surface area contributed by atoms with Gasteiger partial charge in [-0.1, -0.05) is 69.6 Å². The summed E-state index contributed by atoms with van der Waals surface area (Å²) >= 11 is 6.06. The molecule has 1 unspecified atom stereocenters. The number of primary amides is 1. The highest BCUT2D eigenvalue weighted by Crippen LogP contribution is 2.24. The summed E-state index contributed by atoms with van der Waals surface area (Å²) in [6, 6.07) is 6.21. The highest BCUT2D eigenvalue weighted by molar-refractivity contribution is 8.76. The fourth-order valence-electron chi connectivity index (χ4n) is 7.81. The number of aliphatic hydroxyl groups excluding tert-OH is 1. The van der Waals surface area contributed by atoms with E-state index in [9.17, 15) is 58.5 Å². The van der Waals surface area contributed by atoms with Gasteiger partial charge in [-0.3, -0.25) is 38.4 Å². The molecule has 4 rings (SSSR count). The fraction of sp³-hybridized carbons (Fsp3) is 0.471. The number of nitrogens with two attached hydrogens (primary N) is 2. The van der Waals surface area contributed by atoms with Gasteiger partial charge in [-0.25, -0.2) is 4.79 Å². The summed E-state index contributed by atoms with van der Waals surface area (Å²) in [6.45, 7) is 1.81. The molecule has 78 heavy (non-hydrogen) atoms. The van der Waals surface area contributed by atoms with Crippen LogP contribution in [0.3, 0.4) is 0 Å². The highest BCUT2D eigenvalue weighted by atomic mass is 35.5. The van der Waals surface area contributed by atoms with Crippen molar-refractivity contribution in [1.82, 2.24) is 53.2 Å². The van der Waals surface area contributed by atoms with E-state index in [0.29, 0.717) is 41.1 Å². The lowest BCUT2D eigenvalue weighted by Gasteiger charge is -2.29. The average Bonchev–Trinajstić information content (AvgIpc) is 3.40. The quantitative estimate of drug-likeness (QED) is 0.0443. The molecule has 426 valence electrons. The summed E-state index contributed by atoms with van der Waals surface area (Å²) < 4.78 is 0. The average molecular weight is 1140 g/mol. The van der Waals surface area contributed by atoms with E-state index in [1.54, 1.807) is 31.3 Å². The maximum absolute atomic E-state index is 14.6.